The normalized spacial score (nSPS) is 27.2. The first-order chi connectivity index (χ1) is 9.10. The lowest BCUT2D eigenvalue weighted by molar-refractivity contribution is 0.0906. The van der Waals surface area contributed by atoms with E-state index in [1.165, 1.54) is 0 Å². The van der Waals surface area contributed by atoms with Crippen LogP contribution in [0.15, 0.2) is 11.1 Å². The highest BCUT2D eigenvalue weighted by molar-refractivity contribution is 5.81. The maximum atomic E-state index is 11.4. The van der Waals surface area contributed by atoms with E-state index in [1.54, 1.807) is 10.9 Å². The Morgan fingerprint density at radius 2 is 2.32 bits per heavy atom. The van der Waals surface area contributed by atoms with Gasteiger partial charge in [0.1, 0.15) is 11.3 Å². The van der Waals surface area contributed by atoms with Crippen LogP contribution in [0.4, 0.5) is 5.82 Å². The first-order valence-corrected chi connectivity index (χ1v) is 6.11. The molecular weight excluding hydrogens is 250 g/mol. The summed E-state index contributed by atoms with van der Waals surface area (Å²) in [6.07, 6.45) is 2.15. The second-order valence-corrected chi connectivity index (χ2v) is 4.91. The summed E-state index contributed by atoms with van der Waals surface area (Å²) < 4.78 is 1.75. The quantitative estimate of drug-likeness (QED) is 0.551. The standard InChI is InChI=1S/C11H15N5O3/c12-9-8-10(15-11(19)14-9)16(4-13-8)6-1-5(3-17)7(18)2-6/h4-7,17-18H,1-3H2,(H3,12,14,15,19)/t5-,6-,7+/m1/s1. The Morgan fingerprint density at radius 3 is 3.00 bits per heavy atom. The van der Waals surface area contributed by atoms with Crippen LogP contribution in [0.2, 0.25) is 0 Å². The summed E-state index contributed by atoms with van der Waals surface area (Å²) in [6, 6.07) is -0.0363. The van der Waals surface area contributed by atoms with E-state index in [2.05, 4.69) is 15.0 Å². The van der Waals surface area contributed by atoms with Gasteiger partial charge in [-0.05, 0) is 12.8 Å². The third-order valence-electron chi connectivity index (χ3n) is 3.73. The van der Waals surface area contributed by atoms with Crippen LogP contribution < -0.4 is 11.4 Å². The van der Waals surface area contributed by atoms with E-state index in [4.69, 9.17) is 5.73 Å². The summed E-state index contributed by atoms with van der Waals surface area (Å²) in [4.78, 5) is 21.8. The molecule has 0 amide bonds. The van der Waals surface area contributed by atoms with Crippen LogP contribution in [0, 0.1) is 5.92 Å². The van der Waals surface area contributed by atoms with E-state index >= 15 is 0 Å². The summed E-state index contributed by atoms with van der Waals surface area (Å²) >= 11 is 0. The van der Waals surface area contributed by atoms with Crippen LogP contribution >= 0.6 is 0 Å². The number of nitrogens with one attached hydrogen (secondary N) is 1. The van der Waals surface area contributed by atoms with Crippen molar-refractivity contribution in [2.24, 2.45) is 5.92 Å². The van der Waals surface area contributed by atoms with E-state index < -0.39 is 11.8 Å². The molecule has 0 saturated heterocycles. The number of H-pyrrole nitrogens is 1. The fourth-order valence-electron chi connectivity index (χ4n) is 2.72. The van der Waals surface area contributed by atoms with Crippen LogP contribution in [0.25, 0.3) is 11.2 Å². The van der Waals surface area contributed by atoms with E-state index in [1.807, 2.05) is 0 Å². The number of anilines is 1. The van der Waals surface area contributed by atoms with Gasteiger partial charge in [0, 0.05) is 18.6 Å². The van der Waals surface area contributed by atoms with Crippen molar-refractivity contribution in [3.05, 3.63) is 16.8 Å². The van der Waals surface area contributed by atoms with Crippen molar-refractivity contribution in [1.29, 1.82) is 0 Å². The molecule has 2 heterocycles. The Kier molecular flexibility index (Phi) is 2.76. The van der Waals surface area contributed by atoms with Crippen LogP contribution in [0.5, 0.6) is 0 Å². The van der Waals surface area contributed by atoms with Gasteiger partial charge < -0.3 is 20.5 Å². The van der Waals surface area contributed by atoms with E-state index in [0.717, 1.165) is 0 Å². The number of aliphatic hydroxyl groups is 2. The van der Waals surface area contributed by atoms with Gasteiger partial charge in [0.05, 0.1) is 12.4 Å². The van der Waals surface area contributed by atoms with Gasteiger partial charge in [-0.15, -0.1) is 0 Å². The molecule has 5 N–H and O–H groups in total. The Balaban J connectivity index is 2.05. The second-order valence-electron chi connectivity index (χ2n) is 4.91. The molecule has 1 saturated carbocycles. The smallest absolute Gasteiger partial charge is 0.348 e. The van der Waals surface area contributed by atoms with E-state index in [-0.39, 0.29) is 24.4 Å². The third kappa shape index (κ3) is 1.89. The molecule has 0 unspecified atom stereocenters. The summed E-state index contributed by atoms with van der Waals surface area (Å²) in [6.45, 7) is -0.0551. The zero-order chi connectivity index (χ0) is 13.6. The predicted octanol–water partition coefficient (Wildman–Crippen LogP) is -0.994. The molecule has 0 radical (unpaired) electrons. The molecule has 8 heteroatoms. The van der Waals surface area contributed by atoms with Crippen molar-refractivity contribution in [3.63, 3.8) is 0 Å². The molecule has 0 aliphatic heterocycles. The number of nitrogens with two attached hydrogens (primary N) is 1. The van der Waals surface area contributed by atoms with Crippen molar-refractivity contribution in [2.45, 2.75) is 25.0 Å². The molecule has 1 aliphatic carbocycles. The molecule has 2 aromatic rings. The van der Waals surface area contributed by atoms with Gasteiger partial charge in [0.25, 0.3) is 0 Å². The second kappa shape index (κ2) is 4.32. The maximum Gasteiger partial charge on any atom is 0.348 e. The van der Waals surface area contributed by atoms with Crippen molar-refractivity contribution >= 4 is 17.0 Å². The van der Waals surface area contributed by atoms with Gasteiger partial charge in [-0.25, -0.2) is 9.78 Å². The van der Waals surface area contributed by atoms with Gasteiger partial charge >= 0.3 is 5.69 Å². The van der Waals surface area contributed by atoms with Gasteiger partial charge in [-0.2, -0.15) is 4.98 Å². The summed E-state index contributed by atoms with van der Waals surface area (Å²) in [5.74, 6) is 0.0350. The van der Waals surface area contributed by atoms with Gasteiger partial charge in [-0.3, -0.25) is 4.98 Å². The zero-order valence-electron chi connectivity index (χ0n) is 10.2. The van der Waals surface area contributed by atoms with Gasteiger partial charge in [0.2, 0.25) is 0 Å². The predicted molar refractivity (Wildman–Crippen MR) is 67.4 cm³/mol. The lowest BCUT2D eigenvalue weighted by Crippen LogP contribution is -2.16. The van der Waals surface area contributed by atoms with Gasteiger partial charge in [-0.1, -0.05) is 0 Å². The minimum absolute atomic E-state index is 0.0363. The Labute approximate surface area is 107 Å². The minimum Gasteiger partial charge on any atom is -0.396 e. The molecule has 8 nitrogen and oxygen atoms in total. The van der Waals surface area contributed by atoms with Crippen LogP contribution in [0.1, 0.15) is 18.9 Å². The van der Waals surface area contributed by atoms with Crippen molar-refractivity contribution < 1.29 is 10.2 Å². The topological polar surface area (TPSA) is 130 Å². The highest BCUT2D eigenvalue weighted by Crippen LogP contribution is 2.36. The number of aliphatic hydroxyl groups excluding tert-OH is 2. The maximum absolute atomic E-state index is 11.4. The molecule has 3 rings (SSSR count). The van der Waals surface area contributed by atoms with Crippen molar-refractivity contribution in [3.8, 4) is 0 Å². The lowest BCUT2D eigenvalue weighted by Gasteiger charge is -2.11. The van der Waals surface area contributed by atoms with Crippen molar-refractivity contribution in [2.75, 3.05) is 12.3 Å². The monoisotopic (exact) mass is 265 g/mol. The highest BCUT2D eigenvalue weighted by Gasteiger charge is 2.34. The summed E-state index contributed by atoms with van der Waals surface area (Å²) in [5, 5.41) is 19.0. The lowest BCUT2D eigenvalue weighted by atomic mass is 10.1. The Morgan fingerprint density at radius 1 is 1.53 bits per heavy atom. The number of rotatable bonds is 2. The summed E-state index contributed by atoms with van der Waals surface area (Å²) in [7, 11) is 0. The fraction of sp³-hybridized carbons (Fsp3) is 0.545. The largest absolute Gasteiger partial charge is 0.396 e. The van der Waals surface area contributed by atoms with Crippen LogP contribution in [0.3, 0.4) is 0 Å². The zero-order valence-corrected chi connectivity index (χ0v) is 10.2. The van der Waals surface area contributed by atoms with Crippen LogP contribution in [-0.2, 0) is 0 Å². The number of imidazole rings is 1. The Bertz CT molecular complexity index is 664. The molecule has 0 aromatic carbocycles. The number of fused-ring (bicyclic) bond motifs is 1. The molecule has 1 aliphatic rings. The number of hydrogen-bond acceptors (Lipinski definition) is 6. The molecule has 19 heavy (non-hydrogen) atoms. The SMILES string of the molecule is Nc1[nH]c(=O)nc2c1ncn2[C@@H]1C[C@H](CO)[C@@H](O)C1. The number of aromatic nitrogens is 4. The van der Waals surface area contributed by atoms with Crippen LogP contribution in [-0.4, -0.2) is 42.4 Å². The fourth-order valence-corrected chi connectivity index (χ4v) is 2.72. The summed E-state index contributed by atoms with van der Waals surface area (Å²) in [5.41, 5.74) is 6.02. The first-order valence-electron chi connectivity index (χ1n) is 6.11. The molecule has 2 aromatic heterocycles. The average Bonchev–Trinajstić information content (AvgIpc) is 2.92. The average molecular weight is 265 g/mol. The molecule has 3 atom stereocenters. The number of hydrogen-bond donors (Lipinski definition) is 4. The number of aromatic amines is 1. The Hall–Kier alpha value is -1.93. The molecule has 102 valence electrons. The molecule has 0 spiro atoms. The van der Waals surface area contributed by atoms with Crippen molar-refractivity contribution in [1.82, 2.24) is 19.5 Å². The third-order valence-corrected chi connectivity index (χ3v) is 3.73. The first kappa shape index (κ1) is 12.1. The molecule has 0 bridgehead atoms. The molecular formula is C11H15N5O3. The highest BCUT2D eigenvalue weighted by atomic mass is 16.3. The minimum atomic E-state index is -0.549. The van der Waals surface area contributed by atoms with Gasteiger partial charge in [0.15, 0.2) is 5.65 Å². The number of nitrogen functional groups attached to an aromatic ring is 1. The number of nitrogens with zero attached hydrogens (tertiary/aromatic N) is 3. The molecule has 1 fully saturated rings. The van der Waals surface area contributed by atoms with E-state index in [0.29, 0.717) is 24.0 Å². The van der Waals surface area contributed by atoms with E-state index in [9.17, 15) is 15.0 Å².